The molecule has 3 heteroatoms. The van der Waals surface area contributed by atoms with Gasteiger partial charge in [0.15, 0.2) is 0 Å². The lowest BCUT2D eigenvalue weighted by atomic mass is 10.1. The minimum absolute atomic E-state index is 0.0239. The Kier molecular flexibility index (Phi) is 1.96. The summed E-state index contributed by atoms with van der Waals surface area (Å²) < 4.78 is 10.7. The van der Waals surface area contributed by atoms with Gasteiger partial charge in [-0.1, -0.05) is 17.7 Å². The summed E-state index contributed by atoms with van der Waals surface area (Å²) in [6.07, 6.45) is 0.0239. The van der Waals surface area contributed by atoms with Crippen LogP contribution in [0.25, 0.3) is 0 Å². The molecule has 84 valence electrons. The number of ether oxygens (including phenoxy) is 2. The number of aryl methyl sites for hydroxylation is 1. The quantitative estimate of drug-likeness (QED) is 0.712. The van der Waals surface area contributed by atoms with E-state index in [0.29, 0.717) is 6.61 Å². The summed E-state index contributed by atoms with van der Waals surface area (Å²) in [5.74, 6) is 0.967. The molecule has 3 unspecified atom stereocenters. The Morgan fingerprint density at radius 3 is 3.06 bits per heavy atom. The number of esters is 1. The van der Waals surface area contributed by atoms with Crippen LogP contribution in [0.3, 0.4) is 0 Å². The fraction of sp³-hybridized carbons (Fsp3) is 0.462. The molecule has 0 spiro atoms. The van der Waals surface area contributed by atoms with E-state index in [0.717, 1.165) is 5.75 Å². The molecule has 1 aliphatic carbocycles. The second kappa shape index (κ2) is 3.24. The highest BCUT2D eigenvalue weighted by Gasteiger charge is 2.63. The predicted octanol–water partition coefficient (Wildman–Crippen LogP) is 2.03. The van der Waals surface area contributed by atoms with Gasteiger partial charge < -0.3 is 9.47 Å². The van der Waals surface area contributed by atoms with Gasteiger partial charge in [-0.25, -0.2) is 0 Å². The Morgan fingerprint density at radius 1 is 1.50 bits per heavy atom. The molecule has 0 saturated heterocycles. The summed E-state index contributed by atoms with van der Waals surface area (Å²) in [5.41, 5.74) is 2.38. The van der Waals surface area contributed by atoms with Crippen molar-refractivity contribution in [2.24, 2.45) is 5.92 Å². The van der Waals surface area contributed by atoms with Crippen molar-refractivity contribution in [1.82, 2.24) is 0 Å². The summed E-state index contributed by atoms with van der Waals surface area (Å²) in [6, 6.07) is 6.13. The number of hydrogen-bond donors (Lipinski definition) is 0. The van der Waals surface area contributed by atoms with Crippen LogP contribution < -0.4 is 4.74 Å². The van der Waals surface area contributed by atoms with Crippen LogP contribution in [0, 0.1) is 12.8 Å². The number of benzene rings is 1. The first-order valence-corrected chi connectivity index (χ1v) is 5.66. The molecule has 0 amide bonds. The van der Waals surface area contributed by atoms with Gasteiger partial charge in [0.25, 0.3) is 0 Å². The van der Waals surface area contributed by atoms with Crippen LogP contribution >= 0.6 is 0 Å². The van der Waals surface area contributed by atoms with Crippen molar-refractivity contribution in [3.8, 4) is 5.75 Å². The minimum Gasteiger partial charge on any atom is -0.489 e. The Hall–Kier alpha value is -1.51. The van der Waals surface area contributed by atoms with Crippen molar-refractivity contribution in [3.63, 3.8) is 0 Å². The molecule has 1 heterocycles. The van der Waals surface area contributed by atoms with Crippen LogP contribution in [0.5, 0.6) is 5.75 Å². The van der Waals surface area contributed by atoms with Gasteiger partial charge in [-0.05, 0) is 19.9 Å². The number of fused-ring (bicyclic) bond motifs is 3. The van der Waals surface area contributed by atoms with Gasteiger partial charge in [0, 0.05) is 11.5 Å². The highest BCUT2D eigenvalue weighted by molar-refractivity contribution is 5.80. The lowest BCUT2D eigenvalue weighted by Gasteiger charge is -2.08. The molecule has 1 saturated carbocycles. The van der Waals surface area contributed by atoms with E-state index in [1.54, 1.807) is 0 Å². The van der Waals surface area contributed by atoms with E-state index in [2.05, 4.69) is 13.0 Å². The van der Waals surface area contributed by atoms with Crippen molar-refractivity contribution in [2.45, 2.75) is 25.9 Å². The molecule has 1 aromatic carbocycles. The number of rotatable bonds is 2. The lowest BCUT2D eigenvalue weighted by Crippen LogP contribution is -2.13. The third-order valence-corrected chi connectivity index (χ3v) is 3.30. The summed E-state index contributed by atoms with van der Waals surface area (Å²) in [4.78, 5) is 11.6. The molecule has 2 aliphatic rings. The first-order valence-electron chi connectivity index (χ1n) is 5.66. The molecule has 16 heavy (non-hydrogen) atoms. The SMILES string of the molecule is CCOC(=O)C1C2Oc3ccc(C)cc3C21. The monoisotopic (exact) mass is 218 g/mol. The third-order valence-electron chi connectivity index (χ3n) is 3.30. The standard InChI is InChI=1S/C13H14O3/c1-3-15-13(14)11-10-8-6-7(2)4-5-9(8)16-12(10)11/h4-6,10-12H,3H2,1-2H3. The highest BCUT2D eigenvalue weighted by atomic mass is 16.5. The van der Waals surface area contributed by atoms with Crippen LogP contribution in [-0.2, 0) is 9.53 Å². The highest BCUT2D eigenvalue weighted by Crippen LogP contribution is 2.58. The molecule has 1 aromatic rings. The van der Waals surface area contributed by atoms with E-state index >= 15 is 0 Å². The maximum Gasteiger partial charge on any atom is 0.313 e. The Morgan fingerprint density at radius 2 is 2.31 bits per heavy atom. The van der Waals surface area contributed by atoms with E-state index in [1.165, 1.54) is 11.1 Å². The zero-order valence-corrected chi connectivity index (χ0v) is 9.40. The molecule has 3 rings (SSSR count). The molecule has 0 aromatic heterocycles. The summed E-state index contributed by atoms with van der Waals surface area (Å²) in [6.45, 7) is 4.32. The molecule has 0 bridgehead atoms. The average molecular weight is 218 g/mol. The maximum absolute atomic E-state index is 11.6. The van der Waals surface area contributed by atoms with Crippen LogP contribution in [0.1, 0.15) is 24.0 Å². The fourth-order valence-corrected chi connectivity index (χ4v) is 2.50. The number of hydrogen-bond acceptors (Lipinski definition) is 3. The molecule has 1 fully saturated rings. The number of carbonyl (C=O) groups is 1. The van der Waals surface area contributed by atoms with Crippen molar-refractivity contribution in [1.29, 1.82) is 0 Å². The largest absolute Gasteiger partial charge is 0.489 e. The molecular weight excluding hydrogens is 204 g/mol. The molecule has 1 aliphatic heterocycles. The van der Waals surface area contributed by atoms with E-state index < -0.39 is 0 Å². The molecule has 0 radical (unpaired) electrons. The van der Waals surface area contributed by atoms with Crippen molar-refractivity contribution >= 4 is 5.97 Å². The minimum atomic E-state index is -0.121. The zero-order chi connectivity index (χ0) is 11.3. The van der Waals surface area contributed by atoms with Crippen molar-refractivity contribution < 1.29 is 14.3 Å². The molecule has 3 nitrogen and oxygen atoms in total. The van der Waals surface area contributed by atoms with Gasteiger partial charge in [-0.3, -0.25) is 4.79 Å². The molecule has 0 N–H and O–H groups in total. The van der Waals surface area contributed by atoms with Gasteiger partial charge >= 0.3 is 5.97 Å². The molecule has 3 atom stereocenters. The van der Waals surface area contributed by atoms with Crippen LogP contribution in [0.4, 0.5) is 0 Å². The Balaban J connectivity index is 1.84. The van der Waals surface area contributed by atoms with Crippen LogP contribution in [-0.4, -0.2) is 18.7 Å². The third kappa shape index (κ3) is 1.24. The number of carbonyl (C=O) groups excluding carboxylic acids is 1. The van der Waals surface area contributed by atoms with Gasteiger partial charge in [0.05, 0.1) is 6.61 Å². The van der Waals surface area contributed by atoms with Crippen molar-refractivity contribution in [2.75, 3.05) is 6.61 Å². The van der Waals surface area contributed by atoms with Crippen LogP contribution in [0.15, 0.2) is 18.2 Å². The van der Waals surface area contributed by atoms with Crippen molar-refractivity contribution in [3.05, 3.63) is 29.3 Å². The first kappa shape index (κ1) is 9.70. The second-order valence-corrected chi connectivity index (χ2v) is 4.43. The van der Waals surface area contributed by atoms with E-state index in [1.807, 2.05) is 19.1 Å². The van der Waals surface area contributed by atoms with Gasteiger partial charge in [0.2, 0.25) is 0 Å². The maximum atomic E-state index is 11.6. The topological polar surface area (TPSA) is 35.5 Å². The summed E-state index contributed by atoms with van der Waals surface area (Å²) in [5, 5.41) is 0. The van der Waals surface area contributed by atoms with Crippen LogP contribution in [0.2, 0.25) is 0 Å². The van der Waals surface area contributed by atoms with Gasteiger partial charge in [0.1, 0.15) is 17.8 Å². The summed E-state index contributed by atoms with van der Waals surface area (Å²) in [7, 11) is 0. The average Bonchev–Trinajstić information content (AvgIpc) is 2.85. The fourth-order valence-electron chi connectivity index (χ4n) is 2.50. The predicted molar refractivity (Wildman–Crippen MR) is 58.5 cm³/mol. The Labute approximate surface area is 94.4 Å². The molecular formula is C13H14O3. The Bertz CT molecular complexity index is 452. The van der Waals surface area contributed by atoms with Gasteiger partial charge in [-0.15, -0.1) is 0 Å². The van der Waals surface area contributed by atoms with E-state index in [4.69, 9.17) is 9.47 Å². The second-order valence-electron chi connectivity index (χ2n) is 4.43. The zero-order valence-electron chi connectivity index (χ0n) is 9.40. The normalized spacial score (nSPS) is 29.0. The van der Waals surface area contributed by atoms with Gasteiger partial charge in [-0.2, -0.15) is 0 Å². The van der Waals surface area contributed by atoms with E-state index in [9.17, 15) is 4.79 Å². The lowest BCUT2D eigenvalue weighted by molar-refractivity contribution is -0.145. The first-order chi connectivity index (χ1) is 7.72. The smallest absolute Gasteiger partial charge is 0.313 e. The van der Waals surface area contributed by atoms with E-state index in [-0.39, 0.29) is 23.9 Å². The summed E-state index contributed by atoms with van der Waals surface area (Å²) >= 11 is 0.